The Labute approximate surface area is 102 Å². The second-order valence-electron chi connectivity index (χ2n) is 3.63. The van der Waals surface area contributed by atoms with Crippen LogP contribution in [0.2, 0.25) is 0 Å². The van der Waals surface area contributed by atoms with E-state index in [4.69, 9.17) is 0 Å². The van der Waals surface area contributed by atoms with E-state index in [1.807, 2.05) is 0 Å². The molecule has 3 nitrogen and oxygen atoms in total. The highest BCUT2D eigenvalue weighted by Crippen LogP contribution is 2.24. The Morgan fingerprint density at radius 3 is 2.50 bits per heavy atom. The summed E-state index contributed by atoms with van der Waals surface area (Å²) in [6.45, 7) is 9.39. The summed E-state index contributed by atoms with van der Waals surface area (Å²) in [6.07, 6.45) is 2.04. The number of anilines is 1. The Balaban J connectivity index is 3.05. The lowest BCUT2D eigenvalue weighted by atomic mass is 10.3. The quantitative estimate of drug-likeness (QED) is 0.610. The first-order chi connectivity index (χ1) is 7.72. The summed E-state index contributed by atoms with van der Waals surface area (Å²) in [5, 5.41) is 4.43. The van der Waals surface area contributed by atoms with Crippen molar-refractivity contribution in [2.24, 2.45) is 0 Å². The number of aryl methyl sites for hydroxylation is 1. The molecule has 0 aliphatic heterocycles. The topological polar surface area (TPSA) is 37.8 Å². The Morgan fingerprint density at radius 1 is 1.19 bits per heavy atom. The highest BCUT2D eigenvalue weighted by atomic mass is 32.2. The Kier molecular flexibility index (Phi) is 5.60. The summed E-state index contributed by atoms with van der Waals surface area (Å²) in [7, 11) is 0. The summed E-state index contributed by atoms with van der Waals surface area (Å²) in [5.41, 5.74) is 1.17. The molecule has 0 saturated carbocycles. The van der Waals surface area contributed by atoms with Gasteiger partial charge in [-0.3, -0.25) is 0 Å². The molecule has 1 rings (SSSR count). The van der Waals surface area contributed by atoms with Crippen LogP contribution in [-0.2, 0) is 6.42 Å². The van der Waals surface area contributed by atoms with Crippen LogP contribution < -0.4 is 5.32 Å². The highest BCUT2D eigenvalue weighted by Gasteiger charge is 2.09. The molecule has 4 heteroatoms. The molecule has 1 heterocycles. The number of hydrogen-bond acceptors (Lipinski definition) is 4. The van der Waals surface area contributed by atoms with Crippen molar-refractivity contribution in [2.45, 2.75) is 45.6 Å². The van der Waals surface area contributed by atoms with Crippen LogP contribution in [0.15, 0.2) is 5.03 Å². The van der Waals surface area contributed by atoms with Crippen LogP contribution in [0.4, 0.5) is 5.82 Å². The molecule has 0 saturated heterocycles. The van der Waals surface area contributed by atoms with E-state index in [0.717, 1.165) is 41.8 Å². The molecule has 0 radical (unpaired) electrons. The molecule has 0 aromatic carbocycles. The number of hydrogen-bond donors (Lipinski definition) is 1. The first-order valence-electron chi connectivity index (χ1n) is 5.97. The summed E-state index contributed by atoms with van der Waals surface area (Å²) in [5.74, 6) is 3.01. The number of rotatable bonds is 6. The molecule has 1 aromatic rings. The second-order valence-corrected chi connectivity index (χ2v) is 4.88. The lowest BCUT2D eigenvalue weighted by Crippen LogP contribution is -2.07. The van der Waals surface area contributed by atoms with Crippen molar-refractivity contribution in [1.82, 2.24) is 9.97 Å². The van der Waals surface area contributed by atoms with Gasteiger partial charge in [0.25, 0.3) is 0 Å². The van der Waals surface area contributed by atoms with Gasteiger partial charge in [0, 0.05) is 18.5 Å². The fourth-order valence-electron chi connectivity index (χ4n) is 1.49. The fraction of sp³-hybridized carbons (Fsp3) is 0.667. The van der Waals surface area contributed by atoms with Gasteiger partial charge >= 0.3 is 0 Å². The van der Waals surface area contributed by atoms with Gasteiger partial charge in [-0.15, -0.1) is 11.8 Å². The minimum Gasteiger partial charge on any atom is -0.370 e. The first-order valence-corrected chi connectivity index (χ1v) is 6.95. The minimum atomic E-state index is 0.902. The lowest BCUT2D eigenvalue weighted by molar-refractivity contribution is 0.802. The molecule has 0 spiro atoms. The van der Waals surface area contributed by atoms with Gasteiger partial charge in [-0.25, -0.2) is 9.97 Å². The van der Waals surface area contributed by atoms with Crippen LogP contribution in [0, 0.1) is 6.92 Å². The van der Waals surface area contributed by atoms with E-state index < -0.39 is 0 Å². The van der Waals surface area contributed by atoms with E-state index in [1.165, 1.54) is 5.56 Å². The summed E-state index contributed by atoms with van der Waals surface area (Å²) in [6, 6.07) is 0. The van der Waals surface area contributed by atoms with Gasteiger partial charge in [0.2, 0.25) is 0 Å². The molecule has 0 fully saturated rings. The molecule has 0 bridgehead atoms. The zero-order valence-corrected chi connectivity index (χ0v) is 11.4. The normalized spacial score (nSPS) is 10.5. The van der Waals surface area contributed by atoms with Gasteiger partial charge in [0.15, 0.2) is 0 Å². The van der Waals surface area contributed by atoms with E-state index in [2.05, 4.69) is 43.0 Å². The third kappa shape index (κ3) is 3.37. The number of nitrogens with zero attached hydrogens (tertiary/aromatic N) is 2. The largest absolute Gasteiger partial charge is 0.370 e. The van der Waals surface area contributed by atoms with Crippen LogP contribution in [0.5, 0.6) is 0 Å². The van der Waals surface area contributed by atoms with Gasteiger partial charge < -0.3 is 5.32 Å². The summed E-state index contributed by atoms with van der Waals surface area (Å²) >= 11 is 1.79. The Morgan fingerprint density at radius 2 is 1.94 bits per heavy atom. The molecular formula is C12H21N3S. The average molecular weight is 239 g/mol. The van der Waals surface area contributed by atoms with Gasteiger partial charge in [0.05, 0.1) is 0 Å². The summed E-state index contributed by atoms with van der Waals surface area (Å²) in [4.78, 5) is 9.17. The number of nitrogens with one attached hydrogen (secondary N) is 1. The van der Waals surface area contributed by atoms with Crippen LogP contribution >= 0.6 is 11.8 Å². The molecule has 1 N–H and O–H groups in total. The van der Waals surface area contributed by atoms with Crippen molar-refractivity contribution in [2.75, 3.05) is 17.6 Å². The van der Waals surface area contributed by atoms with E-state index in [1.54, 1.807) is 11.8 Å². The number of aromatic nitrogens is 2. The van der Waals surface area contributed by atoms with Crippen LogP contribution in [0.25, 0.3) is 0 Å². The van der Waals surface area contributed by atoms with E-state index in [-0.39, 0.29) is 0 Å². The smallest absolute Gasteiger partial charge is 0.133 e. The summed E-state index contributed by atoms with van der Waals surface area (Å²) < 4.78 is 0. The van der Waals surface area contributed by atoms with Crippen molar-refractivity contribution < 1.29 is 0 Å². The third-order valence-corrected chi connectivity index (χ3v) is 3.21. The van der Waals surface area contributed by atoms with Crippen molar-refractivity contribution >= 4 is 17.6 Å². The molecule has 16 heavy (non-hydrogen) atoms. The maximum absolute atomic E-state index is 4.61. The zero-order valence-electron chi connectivity index (χ0n) is 10.6. The molecular weight excluding hydrogens is 218 g/mol. The monoisotopic (exact) mass is 239 g/mol. The van der Waals surface area contributed by atoms with Crippen molar-refractivity contribution in [3.8, 4) is 0 Å². The average Bonchev–Trinajstić information content (AvgIpc) is 2.26. The zero-order chi connectivity index (χ0) is 12.0. The fourth-order valence-corrected chi connectivity index (χ4v) is 2.25. The van der Waals surface area contributed by atoms with Gasteiger partial charge in [-0.05, 0) is 26.0 Å². The molecule has 0 aliphatic carbocycles. The molecule has 90 valence electrons. The SMILES string of the molecule is CCCc1nc(NCC)c(C)c(SCC)n1. The maximum Gasteiger partial charge on any atom is 0.133 e. The van der Waals surface area contributed by atoms with Crippen LogP contribution in [0.1, 0.15) is 38.6 Å². The maximum atomic E-state index is 4.61. The predicted octanol–water partition coefficient (Wildman–Crippen LogP) is 3.28. The first kappa shape index (κ1) is 13.3. The predicted molar refractivity (Wildman–Crippen MR) is 71.3 cm³/mol. The van der Waals surface area contributed by atoms with Crippen molar-refractivity contribution in [1.29, 1.82) is 0 Å². The van der Waals surface area contributed by atoms with E-state index in [0.29, 0.717) is 0 Å². The van der Waals surface area contributed by atoms with Crippen LogP contribution in [-0.4, -0.2) is 22.3 Å². The Bertz CT molecular complexity index is 312. The van der Waals surface area contributed by atoms with Crippen molar-refractivity contribution in [3.63, 3.8) is 0 Å². The van der Waals surface area contributed by atoms with Gasteiger partial charge in [0.1, 0.15) is 16.7 Å². The van der Waals surface area contributed by atoms with Gasteiger partial charge in [-0.1, -0.05) is 13.8 Å². The number of thioether (sulfide) groups is 1. The highest BCUT2D eigenvalue weighted by molar-refractivity contribution is 7.99. The molecule has 0 aliphatic rings. The minimum absolute atomic E-state index is 0.902. The lowest BCUT2D eigenvalue weighted by Gasteiger charge is -2.12. The van der Waals surface area contributed by atoms with Gasteiger partial charge in [-0.2, -0.15) is 0 Å². The van der Waals surface area contributed by atoms with Crippen LogP contribution in [0.3, 0.4) is 0 Å². The molecule has 0 atom stereocenters. The van der Waals surface area contributed by atoms with Crippen molar-refractivity contribution in [3.05, 3.63) is 11.4 Å². The van der Waals surface area contributed by atoms with E-state index in [9.17, 15) is 0 Å². The standard InChI is InChI=1S/C12H21N3S/c1-5-8-10-14-11(13-6-2)9(4)12(15-10)16-7-3/h5-8H2,1-4H3,(H,13,14,15). The third-order valence-electron chi connectivity index (χ3n) is 2.25. The van der Waals surface area contributed by atoms with E-state index >= 15 is 0 Å². The molecule has 0 amide bonds. The Hall–Kier alpha value is -0.770. The second kappa shape index (κ2) is 6.74. The molecule has 0 unspecified atom stereocenters. The molecule has 1 aromatic heterocycles.